The highest BCUT2D eigenvalue weighted by molar-refractivity contribution is 5.94. The molecule has 2 aliphatic rings. The molecule has 0 radical (unpaired) electrons. The number of anilines is 1. The minimum absolute atomic E-state index is 0.0375. The van der Waals surface area contributed by atoms with Gasteiger partial charge in [-0.2, -0.15) is 19.7 Å². The maximum absolute atomic E-state index is 13.5. The molecule has 4 aromatic rings. The molecule has 0 bridgehead atoms. The Bertz CT molecular complexity index is 1350. The number of rotatable bonds is 3. The largest absolute Gasteiger partial charge is 0.353 e. The molecular formula is C24H26N8O. The van der Waals surface area contributed by atoms with E-state index in [9.17, 15) is 4.79 Å². The van der Waals surface area contributed by atoms with Crippen LogP contribution in [0, 0.1) is 13.8 Å². The summed E-state index contributed by atoms with van der Waals surface area (Å²) in [5.74, 6) is 1.60. The molecule has 0 saturated carbocycles. The van der Waals surface area contributed by atoms with Gasteiger partial charge in [0, 0.05) is 49.2 Å². The van der Waals surface area contributed by atoms with Crippen molar-refractivity contribution in [2.75, 3.05) is 31.1 Å². The number of carbonyl (C=O) groups excluding carboxylic acids is 1. The van der Waals surface area contributed by atoms with E-state index in [4.69, 9.17) is 5.10 Å². The van der Waals surface area contributed by atoms with Crippen LogP contribution in [0.4, 0.5) is 5.82 Å². The van der Waals surface area contributed by atoms with Gasteiger partial charge in [0.25, 0.3) is 11.7 Å². The van der Waals surface area contributed by atoms with Crippen LogP contribution in [-0.4, -0.2) is 66.3 Å². The zero-order valence-corrected chi connectivity index (χ0v) is 18.9. The number of hydrogen-bond acceptors (Lipinski definition) is 6. The Morgan fingerprint density at radius 1 is 1.00 bits per heavy atom. The Morgan fingerprint density at radius 3 is 2.58 bits per heavy atom. The van der Waals surface area contributed by atoms with Crippen molar-refractivity contribution in [3.63, 3.8) is 0 Å². The third-order valence-corrected chi connectivity index (χ3v) is 6.66. The van der Waals surface area contributed by atoms with Gasteiger partial charge in [0.1, 0.15) is 12.1 Å². The van der Waals surface area contributed by atoms with Crippen LogP contribution in [0.5, 0.6) is 0 Å². The fourth-order valence-corrected chi connectivity index (χ4v) is 4.93. The topological polar surface area (TPSA) is 84.5 Å². The summed E-state index contributed by atoms with van der Waals surface area (Å²) in [6.45, 7) is 6.77. The van der Waals surface area contributed by atoms with Crippen LogP contribution in [0.1, 0.15) is 39.4 Å². The fourth-order valence-electron chi connectivity index (χ4n) is 4.93. The van der Waals surface area contributed by atoms with Crippen molar-refractivity contribution in [2.24, 2.45) is 0 Å². The first-order valence-corrected chi connectivity index (χ1v) is 11.5. The highest BCUT2D eigenvalue weighted by Gasteiger charge is 2.31. The number of amides is 1. The molecule has 1 aliphatic heterocycles. The van der Waals surface area contributed by atoms with Crippen LogP contribution in [0.3, 0.4) is 0 Å². The van der Waals surface area contributed by atoms with E-state index in [1.165, 1.54) is 17.6 Å². The van der Waals surface area contributed by atoms with Gasteiger partial charge in [0.2, 0.25) is 0 Å². The lowest BCUT2D eigenvalue weighted by molar-refractivity contribution is 0.0739. The molecule has 0 spiro atoms. The SMILES string of the molecule is Cc1ccc(-n2nc(C(=O)N3CCN(c4cc(C)nc5ncnn45)CC3)c3c2CCC3)cc1. The molecule has 33 heavy (non-hydrogen) atoms. The summed E-state index contributed by atoms with van der Waals surface area (Å²) in [6.07, 6.45) is 4.48. The normalized spacial score (nSPS) is 15.9. The first kappa shape index (κ1) is 19.9. The molecular weight excluding hydrogens is 416 g/mol. The van der Waals surface area contributed by atoms with E-state index in [1.54, 1.807) is 4.52 Å². The minimum atomic E-state index is 0.0375. The van der Waals surface area contributed by atoms with Crippen molar-refractivity contribution in [2.45, 2.75) is 33.1 Å². The second-order valence-electron chi connectivity index (χ2n) is 8.88. The van der Waals surface area contributed by atoms with E-state index in [0.717, 1.165) is 55.1 Å². The number of hydrogen-bond donors (Lipinski definition) is 0. The fraction of sp³-hybridized carbons (Fsp3) is 0.375. The van der Waals surface area contributed by atoms with Gasteiger partial charge in [-0.1, -0.05) is 17.7 Å². The van der Waals surface area contributed by atoms with E-state index in [1.807, 2.05) is 22.6 Å². The average Bonchev–Trinajstić information content (AvgIpc) is 3.56. The van der Waals surface area contributed by atoms with E-state index in [0.29, 0.717) is 24.6 Å². The molecule has 9 nitrogen and oxygen atoms in total. The molecule has 1 amide bonds. The van der Waals surface area contributed by atoms with Gasteiger partial charge in [-0.3, -0.25) is 4.79 Å². The monoisotopic (exact) mass is 442 g/mol. The van der Waals surface area contributed by atoms with Gasteiger partial charge in [0.15, 0.2) is 5.69 Å². The van der Waals surface area contributed by atoms with Gasteiger partial charge in [-0.15, -0.1) is 0 Å². The van der Waals surface area contributed by atoms with Crippen LogP contribution < -0.4 is 4.90 Å². The van der Waals surface area contributed by atoms with Gasteiger partial charge in [-0.25, -0.2) is 9.67 Å². The predicted molar refractivity (Wildman–Crippen MR) is 124 cm³/mol. The van der Waals surface area contributed by atoms with Crippen LogP contribution in [0.2, 0.25) is 0 Å². The molecule has 1 aliphatic carbocycles. The molecule has 4 heterocycles. The molecule has 6 rings (SSSR count). The van der Waals surface area contributed by atoms with Crippen molar-refractivity contribution in [1.29, 1.82) is 0 Å². The molecule has 3 aromatic heterocycles. The predicted octanol–water partition coefficient (Wildman–Crippen LogP) is 2.38. The van der Waals surface area contributed by atoms with E-state index < -0.39 is 0 Å². The number of carbonyl (C=O) groups is 1. The van der Waals surface area contributed by atoms with Crippen LogP contribution in [0.25, 0.3) is 11.5 Å². The smallest absolute Gasteiger partial charge is 0.274 e. The van der Waals surface area contributed by atoms with Gasteiger partial charge < -0.3 is 9.80 Å². The highest BCUT2D eigenvalue weighted by Crippen LogP contribution is 2.29. The number of aromatic nitrogens is 6. The molecule has 0 unspecified atom stereocenters. The van der Waals surface area contributed by atoms with E-state index in [-0.39, 0.29) is 5.91 Å². The summed E-state index contributed by atoms with van der Waals surface area (Å²) in [5.41, 5.74) is 6.06. The zero-order valence-electron chi connectivity index (χ0n) is 18.9. The Morgan fingerprint density at radius 2 is 1.79 bits per heavy atom. The third kappa shape index (κ3) is 3.35. The van der Waals surface area contributed by atoms with Crippen LogP contribution in [-0.2, 0) is 12.8 Å². The third-order valence-electron chi connectivity index (χ3n) is 6.66. The van der Waals surface area contributed by atoms with Crippen molar-refractivity contribution >= 4 is 17.5 Å². The molecule has 0 N–H and O–H groups in total. The maximum Gasteiger partial charge on any atom is 0.274 e. The zero-order chi connectivity index (χ0) is 22.5. The minimum Gasteiger partial charge on any atom is -0.353 e. The number of aryl methyl sites for hydroxylation is 2. The molecule has 1 fully saturated rings. The van der Waals surface area contributed by atoms with Crippen molar-refractivity contribution in [1.82, 2.24) is 34.3 Å². The number of piperazine rings is 1. The molecule has 1 saturated heterocycles. The highest BCUT2D eigenvalue weighted by atomic mass is 16.2. The first-order chi connectivity index (χ1) is 16.1. The quantitative estimate of drug-likeness (QED) is 0.484. The Hall–Kier alpha value is -3.75. The summed E-state index contributed by atoms with van der Waals surface area (Å²) in [7, 11) is 0. The van der Waals surface area contributed by atoms with Gasteiger partial charge in [-0.05, 0) is 45.2 Å². The summed E-state index contributed by atoms with van der Waals surface area (Å²) in [5, 5.41) is 9.13. The molecule has 9 heteroatoms. The van der Waals surface area contributed by atoms with E-state index >= 15 is 0 Å². The van der Waals surface area contributed by atoms with Gasteiger partial charge >= 0.3 is 0 Å². The first-order valence-electron chi connectivity index (χ1n) is 11.5. The van der Waals surface area contributed by atoms with Crippen molar-refractivity contribution in [3.8, 4) is 5.69 Å². The summed E-state index contributed by atoms with van der Waals surface area (Å²) < 4.78 is 3.74. The maximum atomic E-state index is 13.5. The standard InChI is InChI=1S/C24H26N8O/c1-16-6-8-18(9-7-16)31-20-5-3-4-19(20)22(28-31)23(33)30-12-10-29(11-13-30)21-14-17(2)27-24-25-15-26-32(21)24/h6-9,14-15H,3-5,10-13H2,1-2H3. The summed E-state index contributed by atoms with van der Waals surface area (Å²) >= 11 is 0. The summed E-state index contributed by atoms with van der Waals surface area (Å²) in [4.78, 5) is 26.3. The number of nitrogens with zero attached hydrogens (tertiary/aromatic N) is 8. The molecule has 168 valence electrons. The van der Waals surface area contributed by atoms with E-state index in [2.05, 4.69) is 51.2 Å². The lowest BCUT2D eigenvalue weighted by Crippen LogP contribution is -2.49. The van der Waals surface area contributed by atoms with Crippen LogP contribution >= 0.6 is 0 Å². The van der Waals surface area contributed by atoms with Crippen molar-refractivity contribution in [3.05, 3.63) is 64.9 Å². The average molecular weight is 443 g/mol. The molecule has 1 aromatic carbocycles. The van der Waals surface area contributed by atoms with Crippen molar-refractivity contribution < 1.29 is 4.79 Å². The Balaban J connectivity index is 1.24. The van der Waals surface area contributed by atoms with Gasteiger partial charge in [0.05, 0.1) is 5.69 Å². The second kappa shape index (κ2) is 7.68. The Labute approximate surface area is 191 Å². The molecule has 0 atom stereocenters. The Kier molecular flexibility index (Phi) is 4.63. The number of fused-ring (bicyclic) bond motifs is 2. The number of benzene rings is 1. The summed E-state index contributed by atoms with van der Waals surface area (Å²) in [6, 6.07) is 10.4. The lowest BCUT2D eigenvalue weighted by Gasteiger charge is -2.35. The van der Waals surface area contributed by atoms with Crippen LogP contribution in [0.15, 0.2) is 36.7 Å². The second-order valence-corrected chi connectivity index (χ2v) is 8.88. The lowest BCUT2D eigenvalue weighted by atomic mass is 10.1.